The van der Waals surface area contributed by atoms with E-state index in [9.17, 15) is 0 Å². The first-order chi connectivity index (χ1) is 7.52. The van der Waals surface area contributed by atoms with Gasteiger partial charge >= 0.3 is 0 Å². The predicted octanol–water partition coefficient (Wildman–Crippen LogP) is 5.36. The van der Waals surface area contributed by atoms with Crippen LogP contribution in [0.2, 0.25) is 0 Å². The van der Waals surface area contributed by atoms with Crippen molar-refractivity contribution in [3.8, 4) is 0 Å². The maximum absolute atomic E-state index is 6.52. The third kappa shape index (κ3) is 1.96. The van der Waals surface area contributed by atoms with Gasteiger partial charge in [0.05, 0.1) is 5.38 Å². The molecule has 0 saturated heterocycles. The number of thiophene rings is 1. The lowest BCUT2D eigenvalue weighted by Gasteiger charge is -2.08. The Balaban J connectivity index is 2.49. The van der Waals surface area contributed by atoms with Crippen molar-refractivity contribution in [3.05, 3.63) is 43.4 Å². The van der Waals surface area contributed by atoms with E-state index in [0.717, 1.165) is 32.0 Å². The highest BCUT2D eigenvalue weighted by atomic mass is 79.9. The lowest BCUT2D eigenvalue weighted by Crippen LogP contribution is -1.94. The van der Waals surface area contributed by atoms with Crippen molar-refractivity contribution in [2.45, 2.75) is 26.1 Å². The quantitative estimate of drug-likeness (QED) is 0.679. The van der Waals surface area contributed by atoms with E-state index in [0.29, 0.717) is 0 Å². The minimum absolute atomic E-state index is 0.133. The van der Waals surface area contributed by atoms with Crippen LogP contribution in [-0.2, 0) is 0 Å². The Morgan fingerprint density at radius 3 is 2.44 bits per heavy atom. The Hall–Kier alpha value is -0.250. The van der Waals surface area contributed by atoms with E-state index in [1.807, 2.05) is 25.3 Å². The Bertz CT molecular complexity index is 515. The highest BCUT2D eigenvalue weighted by molar-refractivity contribution is 9.10. The molecule has 0 amide bonds. The van der Waals surface area contributed by atoms with Gasteiger partial charge in [0, 0.05) is 14.9 Å². The molecule has 16 heavy (non-hydrogen) atoms. The van der Waals surface area contributed by atoms with Crippen LogP contribution in [0, 0.1) is 20.8 Å². The van der Waals surface area contributed by atoms with Crippen molar-refractivity contribution in [2.24, 2.45) is 0 Å². The molecule has 0 aromatic carbocycles. The molecule has 2 aromatic rings. The second-order valence-electron chi connectivity index (χ2n) is 3.75. The molecular formula is C12H12BrClOS. The van der Waals surface area contributed by atoms with Crippen molar-refractivity contribution in [3.63, 3.8) is 0 Å². The van der Waals surface area contributed by atoms with E-state index < -0.39 is 0 Å². The lowest BCUT2D eigenvalue weighted by molar-refractivity contribution is 0.500. The highest BCUT2D eigenvalue weighted by Crippen LogP contribution is 2.41. The van der Waals surface area contributed by atoms with E-state index in [4.69, 9.17) is 16.0 Å². The van der Waals surface area contributed by atoms with Crippen LogP contribution >= 0.6 is 38.9 Å². The topological polar surface area (TPSA) is 13.1 Å². The summed E-state index contributed by atoms with van der Waals surface area (Å²) in [6.07, 6.45) is 0. The normalized spacial score (nSPS) is 13.1. The average molecular weight is 320 g/mol. The van der Waals surface area contributed by atoms with Crippen molar-refractivity contribution < 1.29 is 4.42 Å². The monoisotopic (exact) mass is 318 g/mol. The number of hydrogen-bond acceptors (Lipinski definition) is 2. The van der Waals surface area contributed by atoms with Crippen LogP contribution in [0.15, 0.2) is 20.3 Å². The van der Waals surface area contributed by atoms with E-state index in [1.165, 1.54) is 0 Å². The number of hydrogen-bond donors (Lipinski definition) is 0. The molecule has 0 radical (unpaired) electrons. The first-order valence-corrected chi connectivity index (χ1v) is 7.06. The van der Waals surface area contributed by atoms with E-state index >= 15 is 0 Å². The molecule has 0 aliphatic carbocycles. The molecule has 0 saturated carbocycles. The third-order valence-electron chi connectivity index (χ3n) is 2.75. The predicted molar refractivity (Wildman–Crippen MR) is 72.6 cm³/mol. The molecule has 2 aromatic heterocycles. The minimum Gasteiger partial charge on any atom is -0.466 e. The molecule has 1 nitrogen and oxygen atoms in total. The number of halogens is 2. The van der Waals surface area contributed by atoms with Crippen LogP contribution in [0.4, 0.5) is 0 Å². The fraction of sp³-hybridized carbons (Fsp3) is 0.333. The number of furan rings is 1. The van der Waals surface area contributed by atoms with Crippen molar-refractivity contribution in [1.29, 1.82) is 0 Å². The van der Waals surface area contributed by atoms with Crippen LogP contribution < -0.4 is 0 Å². The summed E-state index contributed by atoms with van der Waals surface area (Å²) in [6.45, 7) is 5.99. The fourth-order valence-corrected chi connectivity index (χ4v) is 4.11. The molecule has 0 aliphatic rings. The summed E-state index contributed by atoms with van der Waals surface area (Å²) in [7, 11) is 0. The zero-order valence-corrected chi connectivity index (χ0v) is 12.5. The van der Waals surface area contributed by atoms with E-state index in [1.54, 1.807) is 11.3 Å². The maximum Gasteiger partial charge on any atom is 0.106 e. The molecule has 4 heteroatoms. The second kappa shape index (κ2) is 4.55. The molecule has 2 heterocycles. The van der Waals surface area contributed by atoms with Crippen molar-refractivity contribution in [1.82, 2.24) is 0 Å². The molecule has 0 spiro atoms. The summed E-state index contributed by atoms with van der Waals surface area (Å²) in [6, 6.07) is 2.02. The van der Waals surface area contributed by atoms with Crippen molar-refractivity contribution >= 4 is 38.9 Å². The second-order valence-corrected chi connectivity index (χ2v) is 5.99. The molecule has 0 aliphatic heterocycles. The van der Waals surface area contributed by atoms with Crippen LogP contribution in [-0.4, -0.2) is 0 Å². The van der Waals surface area contributed by atoms with Gasteiger partial charge in [0.25, 0.3) is 0 Å². The average Bonchev–Trinajstić information content (AvgIpc) is 2.73. The summed E-state index contributed by atoms with van der Waals surface area (Å²) in [5.74, 6) is 1.86. The van der Waals surface area contributed by atoms with Gasteiger partial charge in [-0.15, -0.1) is 22.9 Å². The van der Waals surface area contributed by atoms with Gasteiger partial charge in [0.15, 0.2) is 0 Å². The van der Waals surface area contributed by atoms with Crippen LogP contribution in [0.1, 0.15) is 32.9 Å². The van der Waals surface area contributed by atoms with Gasteiger partial charge in [-0.3, -0.25) is 0 Å². The zero-order chi connectivity index (χ0) is 11.9. The van der Waals surface area contributed by atoms with Gasteiger partial charge < -0.3 is 4.42 Å². The van der Waals surface area contributed by atoms with Gasteiger partial charge in [0.1, 0.15) is 11.5 Å². The SMILES string of the molecule is Cc1oc(C)c(C(Cl)c2sccc2Br)c1C. The smallest absolute Gasteiger partial charge is 0.106 e. The van der Waals surface area contributed by atoms with Gasteiger partial charge in [-0.2, -0.15) is 0 Å². The highest BCUT2D eigenvalue weighted by Gasteiger charge is 2.23. The summed E-state index contributed by atoms with van der Waals surface area (Å²) in [5, 5.41) is 1.90. The first-order valence-electron chi connectivity index (χ1n) is 4.95. The number of rotatable bonds is 2. The molecule has 1 atom stereocenters. The molecule has 0 N–H and O–H groups in total. The summed E-state index contributed by atoms with van der Waals surface area (Å²) in [5.41, 5.74) is 2.25. The van der Waals surface area contributed by atoms with Gasteiger partial charge in [-0.25, -0.2) is 0 Å². The Kier molecular flexibility index (Phi) is 3.48. The minimum atomic E-state index is -0.133. The summed E-state index contributed by atoms with van der Waals surface area (Å²) < 4.78 is 6.67. The van der Waals surface area contributed by atoms with Gasteiger partial charge in [0.2, 0.25) is 0 Å². The van der Waals surface area contributed by atoms with Gasteiger partial charge in [-0.05, 0) is 53.7 Å². The van der Waals surface area contributed by atoms with E-state index in [-0.39, 0.29) is 5.38 Å². The summed E-state index contributed by atoms with van der Waals surface area (Å²) in [4.78, 5) is 1.13. The Morgan fingerprint density at radius 1 is 1.31 bits per heavy atom. The Morgan fingerprint density at radius 2 is 2.00 bits per heavy atom. The number of alkyl halides is 1. The zero-order valence-electron chi connectivity index (χ0n) is 9.30. The largest absolute Gasteiger partial charge is 0.466 e. The molecule has 2 rings (SSSR count). The molecule has 0 fully saturated rings. The van der Waals surface area contributed by atoms with E-state index in [2.05, 4.69) is 22.9 Å². The third-order valence-corrected chi connectivity index (χ3v) is 5.25. The fourth-order valence-electron chi connectivity index (χ4n) is 1.80. The molecule has 0 bridgehead atoms. The Labute approximate surface area is 113 Å². The van der Waals surface area contributed by atoms with Gasteiger partial charge in [-0.1, -0.05) is 0 Å². The van der Waals surface area contributed by atoms with Crippen LogP contribution in [0.3, 0.4) is 0 Å². The lowest BCUT2D eigenvalue weighted by atomic mass is 10.1. The molecule has 1 unspecified atom stereocenters. The molecule has 86 valence electrons. The van der Waals surface area contributed by atoms with Crippen LogP contribution in [0.5, 0.6) is 0 Å². The first kappa shape index (κ1) is 12.2. The standard InChI is InChI=1S/C12H12BrClOS/c1-6-7(2)15-8(3)10(6)11(14)12-9(13)4-5-16-12/h4-5,11H,1-3H3. The summed E-state index contributed by atoms with van der Waals surface area (Å²) >= 11 is 11.7. The van der Waals surface area contributed by atoms with Crippen LogP contribution in [0.25, 0.3) is 0 Å². The van der Waals surface area contributed by atoms with Crippen molar-refractivity contribution in [2.75, 3.05) is 0 Å². The maximum atomic E-state index is 6.52. The number of aryl methyl sites for hydroxylation is 2. The molecular weight excluding hydrogens is 308 g/mol.